The first-order chi connectivity index (χ1) is 21.8. The average Bonchev–Trinajstić information content (AvgIpc) is 3.62. The zero-order valence-electron chi connectivity index (χ0n) is 23.8. The van der Waals surface area contributed by atoms with Crippen LogP contribution in [0.25, 0.3) is 81.2 Å². The fraction of sp³-hybridized carbons (Fsp3) is 0. The van der Waals surface area contributed by atoms with Gasteiger partial charge in [0.2, 0.25) is 0 Å². The van der Waals surface area contributed by atoms with E-state index in [0.717, 1.165) is 27.8 Å². The molecule has 0 atom stereocenters. The third-order valence-corrected chi connectivity index (χ3v) is 9.73. The van der Waals surface area contributed by atoms with Gasteiger partial charge in [0.1, 0.15) is 0 Å². The molecule has 6 aromatic carbocycles. The maximum Gasteiger partial charge on any atom is 0.0964 e. The second-order valence-electron chi connectivity index (χ2n) is 11.3. The number of fused-ring (bicyclic) bond motifs is 6. The van der Waals surface area contributed by atoms with Gasteiger partial charge < -0.3 is 4.57 Å². The Morgan fingerprint density at radius 2 is 1.00 bits per heavy atom. The van der Waals surface area contributed by atoms with Crippen LogP contribution in [-0.4, -0.2) is 9.55 Å². The minimum absolute atomic E-state index is 1.02. The van der Waals surface area contributed by atoms with Gasteiger partial charge >= 0.3 is 0 Å². The molecule has 0 aliphatic carbocycles. The van der Waals surface area contributed by atoms with Crippen molar-refractivity contribution in [3.8, 4) is 39.1 Å². The van der Waals surface area contributed by atoms with Crippen molar-refractivity contribution in [2.75, 3.05) is 0 Å². The molecule has 0 N–H and O–H groups in total. The topological polar surface area (TPSA) is 17.8 Å². The molecular formula is C41H26N2S. The Kier molecular flexibility index (Phi) is 5.71. The first-order valence-corrected chi connectivity index (χ1v) is 15.7. The predicted octanol–water partition coefficient (Wildman–Crippen LogP) is 11.5. The number of aromatic nitrogens is 2. The Balaban J connectivity index is 1.40. The number of nitrogens with zero attached hydrogens (tertiary/aromatic N) is 2. The summed E-state index contributed by atoms with van der Waals surface area (Å²) in [6, 6.07) is 54.6. The van der Waals surface area contributed by atoms with E-state index in [2.05, 4.69) is 156 Å². The molecule has 0 radical (unpaired) electrons. The smallest absolute Gasteiger partial charge is 0.0964 e. The maximum absolute atomic E-state index is 5.15. The van der Waals surface area contributed by atoms with Gasteiger partial charge in [-0.05, 0) is 70.3 Å². The largest absolute Gasteiger partial charge is 0.308 e. The number of pyridine rings is 1. The van der Waals surface area contributed by atoms with Gasteiger partial charge in [0.05, 0.1) is 16.6 Å². The second-order valence-corrected chi connectivity index (χ2v) is 12.3. The molecule has 0 aliphatic heterocycles. The van der Waals surface area contributed by atoms with E-state index in [0.29, 0.717) is 0 Å². The summed E-state index contributed by atoms with van der Waals surface area (Å²) in [5.74, 6) is 0. The molecule has 9 aromatic rings. The zero-order chi connectivity index (χ0) is 29.0. The molecule has 0 bridgehead atoms. The first-order valence-electron chi connectivity index (χ1n) is 14.9. The van der Waals surface area contributed by atoms with Gasteiger partial charge in [0, 0.05) is 43.0 Å². The highest BCUT2D eigenvalue weighted by Crippen LogP contribution is 2.42. The SMILES string of the molecule is c1ccc(-c2cc(-c3ccccc3)cc(-n3c4cc5sc6ccccc6c5cc4c4ncc(-c5ccccc5)cc43)c2)cc1. The number of benzene rings is 6. The lowest BCUT2D eigenvalue weighted by Crippen LogP contribution is -1.96. The van der Waals surface area contributed by atoms with Crippen LogP contribution >= 0.6 is 11.3 Å². The molecule has 0 aliphatic rings. The molecule has 3 aromatic heterocycles. The highest BCUT2D eigenvalue weighted by Gasteiger charge is 2.19. The molecule has 44 heavy (non-hydrogen) atoms. The third-order valence-electron chi connectivity index (χ3n) is 8.60. The van der Waals surface area contributed by atoms with Crippen LogP contribution in [0.5, 0.6) is 0 Å². The minimum Gasteiger partial charge on any atom is -0.308 e. The van der Waals surface area contributed by atoms with Gasteiger partial charge in [0.15, 0.2) is 0 Å². The lowest BCUT2D eigenvalue weighted by molar-refractivity contribution is 1.18. The molecule has 9 rings (SSSR count). The third kappa shape index (κ3) is 4.05. The van der Waals surface area contributed by atoms with E-state index in [-0.39, 0.29) is 0 Å². The van der Waals surface area contributed by atoms with Gasteiger partial charge in [-0.25, -0.2) is 0 Å². The number of rotatable bonds is 4. The Bertz CT molecular complexity index is 2420. The monoisotopic (exact) mass is 578 g/mol. The molecule has 206 valence electrons. The molecule has 0 fully saturated rings. The highest BCUT2D eigenvalue weighted by molar-refractivity contribution is 7.25. The van der Waals surface area contributed by atoms with Crippen LogP contribution in [0.15, 0.2) is 158 Å². The summed E-state index contributed by atoms with van der Waals surface area (Å²) in [5, 5.41) is 3.75. The van der Waals surface area contributed by atoms with Crippen LogP contribution in [0, 0.1) is 0 Å². The van der Waals surface area contributed by atoms with Crippen LogP contribution < -0.4 is 0 Å². The predicted molar refractivity (Wildman–Crippen MR) is 188 cm³/mol. The van der Waals surface area contributed by atoms with Crippen LogP contribution in [-0.2, 0) is 0 Å². The van der Waals surface area contributed by atoms with Crippen LogP contribution in [0.3, 0.4) is 0 Å². The number of thiophene rings is 1. The summed E-state index contributed by atoms with van der Waals surface area (Å²) in [4.78, 5) is 5.15. The Hall–Kier alpha value is -5.51. The van der Waals surface area contributed by atoms with Gasteiger partial charge in [-0.3, -0.25) is 4.98 Å². The molecule has 3 heterocycles. The Morgan fingerprint density at radius 3 is 1.66 bits per heavy atom. The van der Waals surface area contributed by atoms with Crippen molar-refractivity contribution < 1.29 is 0 Å². The summed E-state index contributed by atoms with van der Waals surface area (Å²) >= 11 is 1.86. The van der Waals surface area contributed by atoms with Crippen LogP contribution in [0.2, 0.25) is 0 Å². The highest BCUT2D eigenvalue weighted by atomic mass is 32.1. The lowest BCUT2D eigenvalue weighted by Gasteiger charge is -2.14. The van der Waals surface area contributed by atoms with Gasteiger partial charge in [-0.2, -0.15) is 0 Å². The molecule has 3 heteroatoms. The van der Waals surface area contributed by atoms with Crippen molar-refractivity contribution in [3.05, 3.63) is 158 Å². The van der Waals surface area contributed by atoms with Crippen LogP contribution in [0.1, 0.15) is 0 Å². The first kappa shape index (κ1) is 25.0. The van der Waals surface area contributed by atoms with E-state index in [9.17, 15) is 0 Å². The average molecular weight is 579 g/mol. The molecule has 0 saturated heterocycles. The van der Waals surface area contributed by atoms with Gasteiger partial charge in [-0.1, -0.05) is 109 Å². The van der Waals surface area contributed by atoms with Crippen molar-refractivity contribution in [1.82, 2.24) is 9.55 Å². The van der Waals surface area contributed by atoms with Crippen molar-refractivity contribution in [3.63, 3.8) is 0 Å². The minimum atomic E-state index is 1.02. The quantitative estimate of drug-likeness (QED) is 0.203. The summed E-state index contributed by atoms with van der Waals surface area (Å²) in [5.41, 5.74) is 11.4. The van der Waals surface area contributed by atoms with E-state index >= 15 is 0 Å². The summed E-state index contributed by atoms with van der Waals surface area (Å²) in [6.45, 7) is 0. The lowest BCUT2D eigenvalue weighted by atomic mass is 9.98. The summed E-state index contributed by atoms with van der Waals surface area (Å²) in [7, 11) is 0. The normalized spacial score (nSPS) is 11.6. The van der Waals surface area contributed by atoms with E-state index in [1.54, 1.807) is 0 Å². The van der Waals surface area contributed by atoms with E-state index in [4.69, 9.17) is 4.98 Å². The van der Waals surface area contributed by atoms with Gasteiger partial charge in [-0.15, -0.1) is 11.3 Å². The van der Waals surface area contributed by atoms with Crippen molar-refractivity contribution >= 4 is 53.4 Å². The number of hydrogen-bond donors (Lipinski definition) is 0. The molecular weight excluding hydrogens is 553 g/mol. The van der Waals surface area contributed by atoms with E-state index in [1.807, 2.05) is 17.5 Å². The maximum atomic E-state index is 5.15. The molecule has 2 nitrogen and oxygen atoms in total. The van der Waals surface area contributed by atoms with Gasteiger partial charge in [0.25, 0.3) is 0 Å². The Labute approximate surface area is 259 Å². The molecule has 0 amide bonds. The second kappa shape index (κ2) is 10.0. The molecule has 0 unspecified atom stereocenters. The van der Waals surface area contributed by atoms with E-state index in [1.165, 1.54) is 53.3 Å². The number of hydrogen-bond acceptors (Lipinski definition) is 2. The van der Waals surface area contributed by atoms with Crippen LogP contribution in [0.4, 0.5) is 0 Å². The standard InChI is InChI=1S/C41H26N2S/c1-4-12-27(13-5-1)30-20-31(28-14-6-2-7-15-28)22-33(21-30)43-37-25-40-35(34-18-10-11-19-39(34)44-40)24-36(37)41-38(43)23-32(26-42-41)29-16-8-3-9-17-29/h1-26H. The fourth-order valence-electron chi connectivity index (χ4n) is 6.50. The molecule has 0 spiro atoms. The van der Waals surface area contributed by atoms with Crippen molar-refractivity contribution in [2.24, 2.45) is 0 Å². The summed E-state index contributed by atoms with van der Waals surface area (Å²) in [6.07, 6.45) is 2.02. The fourth-order valence-corrected chi connectivity index (χ4v) is 7.62. The summed E-state index contributed by atoms with van der Waals surface area (Å²) < 4.78 is 5.02. The molecule has 0 saturated carbocycles. The van der Waals surface area contributed by atoms with E-state index < -0.39 is 0 Å². The van der Waals surface area contributed by atoms with Crippen molar-refractivity contribution in [2.45, 2.75) is 0 Å². The zero-order valence-corrected chi connectivity index (χ0v) is 24.6. The Morgan fingerprint density at radius 1 is 0.409 bits per heavy atom. The van der Waals surface area contributed by atoms with Crippen molar-refractivity contribution in [1.29, 1.82) is 0 Å².